The number of primary amides is 1. The van der Waals surface area contributed by atoms with Crippen LogP contribution < -0.4 is 11.1 Å². The zero-order chi connectivity index (χ0) is 12.3. The van der Waals surface area contributed by atoms with Crippen molar-refractivity contribution < 1.29 is 4.79 Å². The van der Waals surface area contributed by atoms with Crippen molar-refractivity contribution in [2.24, 2.45) is 5.73 Å². The maximum Gasteiger partial charge on any atom is 0.239 e. The summed E-state index contributed by atoms with van der Waals surface area (Å²) >= 11 is 0. The number of hydrogen-bond donors (Lipinski definition) is 3. The van der Waals surface area contributed by atoms with Crippen molar-refractivity contribution >= 4 is 11.6 Å². The minimum atomic E-state index is -0.413. The predicted octanol–water partition coefficient (Wildman–Crippen LogP) is 0.0120. The Morgan fingerprint density at radius 2 is 2.41 bits per heavy atom. The van der Waals surface area contributed by atoms with Crippen LogP contribution in [0.15, 0.2) is 18.6 Å². The lowest BCUT2D eigenvalue weighted by Crippen LogP contribution is -2.18. The number of anilines is 1. The number of H-pyrrole nitrogens is 1. The van der Waals surface area contributed by atoms with Gasteiger partial charge in [-0.25, -0.2) is 4.98 Å². The van der Waals surface area contributed by atoms with E-state index in [2.05, 4.69) is 20.4 Å². The highest BCUT2D eigenvalue weighted by atomic mass is 16.1. The number of rotatable bonds is 5. The lowest BCUT2D eigenvalue weighted by molar-refractivity contribution is -0.118. The Hall–Kier alpha value is -2.31. The molecule has 2 aromatic heterocycles. The van der Waals surface area contributed by atoms with E-state index in [1.807, 2.05) is 6.92 Å². The molecular formula is C10H14N6O. The van der Waals surface area contributed by atoms with E-state index >= 15 is 0 Å². The molecular weight excluding hydrogens is 220 g/mol. The summed E-state index contributed by atoms with van der Waals surface area (Å²) in [4.78, 5) is 17.9. The summed E-state index contributed by atoms with van der Waals surface area (Å²) in [5, 5.41) is 7.16. The van der Waals surface area contributed by atoms with E-state index in [1.54, 1.807) is 18.6 Å². The van der Waals surface area contributed by atoms with Crippen molar-refractivity contribution in [3.8, 4) is 0 Å². The molecule has 7 heteroatoms. The van der Waals surface area contributed by atoms with E-state index in [-0.39, 0.29) is 6.54 Å². The Kier molecular flexibility index (Phi) is 3.08. The van der Waals surface area contributed by atoms with E-state index < -0.39 is 5.91 Å². The van der Waals surface area contributed by atoms with Gasteiger partial charge in [0.2, 0.25) is 5.91 Å². The molecule has 0 aliphatic carbocycles. The molecule has 7 nitrogen and oxygen atoms in total. The van der Waals surface area contributed by atoms with Crippen molar-refractivity contribution in [1.82, 2.24) is 19.7 Å². The average Bonchev–Trinajstić information content (AvgIpc) is 2.84. The van der Waals surface area contributed by atoms with Crippen LogP contribution in [0, 0.1) is 6.92 Å². The van der Waals surface area contributed by atoms with E-state index in [0.29, 0.717) is 6.54 Å². The van der Waals surface area contributed by atoms with Crippen molar-refractivity contribution in [3.63, 3.8) is 0 Å². The van der Waals surface area contributed by atoms with Gasteiger partial charge in [-0.3, -0.25) is 9.48 Å². The number of carbonyl (C=O) groups is 1. The number of aryl methyl sites for hydroxylation is 1. The molecule has 0 spiro atoms. The van der Waals surface area contributed by atoms with E-state index in [1.165, 1.54) is 4.68 Å². The van der Waals surface area contributed by atoms with Crippen LogP contribution in [-0.4, -0.2) is 25.7 Å². The van der Waals surface area contributed by atoms with Crippen LogP contribution >= 0.6 is 0 Å². The van der Waals surface area contributed by atoms with Crippen molar-refractivity contribution in [3.05, 3.63) is 30.1 Å². The minimum absolute atomic E-state index is 0.0881. The number of nitrogens with two attached hydrogens (primary N) is 1. The molecule has 0 aromatic carbocycles. The molecule has 90 valence electrons. The van der Waals surface area contributed by atoms with Crippen molar-refractivity contribution in [1.29, 1.82) is 0 Å². The molecule has 2 rings (SSSR count). The molecule has 2 heterocycles. The summed E-state index contributed by atoms with van der Waals surface area (Å²) in [6.07, 6.45) is 5.15. The highest BCUT2D eigenvalue weighted by Crippen LogP contribution is 2.06. The maximum absolute atomic E-state index is 10.7. The Bertz CT molecular complexity index is 514. The van der Waals surface area contributed by atoms with Gasteiger partial charge in [0.25, 0.3) is 0 Å². The molecule has 0 aliphatic rings. The van der Waals surface area contributed by atoms with Crippen LogP contribution in [-0.2, 0) is 17.9 Å². The molecule has 0 atom stereocenters. The van der Waals surface area contributed by atoms with Crippen LogP contribution in [0.25, 0.3) is 0 Å². The van der Waals surface area contributed by atoms with Gasteiger partial charge in [0.15, 0.2) is 0 Å². The van der Waals surface area contributed by atoms with Crippen molar-refractivity contribution in [2.45, 2.75) is 20.0 Å². The van der Waals surface area contributed by atoms with Gasteiger partial charge < -0.3 is 16.0 Å². The van der Waals surface area contributed by atoms with E-state index in [9.17, 15) is 4.79 Å². The number of aromatic amines is 1. The highest BCUT2D eigenvalue weighted by Gasteiger charge is 2.02. The Balaban J connectivity index is 1.91. The van der Waals surface area contributed by atoms with Gasteiger partial charge in [-0.15, -0.1) is 0 Å². The molecule has 0 unspecified atom stereocenters. The lowest BCUT2D eigenvalue weighted by Gasteiger charge is -2.00. The molecule has 1 amide bonds. The fourth-order valence-corrected chi connectivity index (χ4v) is 1.46. The summed E-state index contributed by atoms with van der Waals surface area (Å²) in [7, 11) is 0. The molecule has 0 saturated carbocycles. The van der Waals surface area contributed by atoms with E-state index in [0.717, 1.165) is 17.2 Å². The molecule has 0 fully saturated rings. The smallest absolute Gasteiger partial charge is 0.239 e. The molecule has 0 aliphatic heterocycles. The summed E-state index contributed by atoms with van der Waals surface area (Å²) in [6.45, 7) is 2.61. The molecule has 2 aromatic rings. The number of imidazole rings is 1. The second-order valence-electron chi connectivity index (χ2n) is 3.74. The van der Waals surface area contributed by atoms with Gasteiger partial charge in [0.1, 0.15) is 12.4 Å². The van der Waals surface area contributed by atoms with Gasteiger partial charge in [0.05, 0.1) is 30.3 Å². The first kappa shape index (κ1) is 11.2. The average molecular weight is 234 g/mol. The van der Waals surface area contributed by atoms with Gasteiger partial charge in [-0.1, -0.05) is 0 Å². The minimum Gasteiger partial charge on any atom is -0.377 e. The predicted molar refractivity (Wildman–Crippen MR) is 62.1 cm³/mol. The molecule has 17 heavy (non-hydrogen) atoms. The number of hydrogen-bond acceptors (Lipinski definition) is 4. The van der Waals surface area contributed by atoms with Crippen LogP contribution in [0.2, 0.25) is 0 Å². The summed E-state index contributed by atoms with van der Waals surface area (Å²) in [6, 6.07) is 0. The third-order valence-electron chi connectivity index (χ3n) is 2.19. The monoisotopic (exact) mass is 234 g/mol. The zero-order valence-corrected chi connectivity index (χ0v) is 9.47. The zero-order valence-electron chi connectivity index (χ0n) is 9.47. The number of nitrogens with one attached hydrogen (secondary N) is 2. The fourth-order valence-electron chi connectivity index (χ4n) is 1.46. The summed E-state index contributed by atoms with van der Waals surface area (Å²) in [5.74, 6) is 0.468. The molecule has 4 N–H and O–H groups in total. The SMILES string of the molecule is Cc1ncc(CNc2cnn(CC(N)=O)c2)[nH]1. The van der Waals surface area contributed by atoms with Gasteiger partial charge in [-0.05, 0) is 6.92 Å². The second-order valence-corrected chi connectivity index (χ2v) is 3.74. The Labute approximate surface area is 98.0 Å². The quantitative estimate of drug-likeness (QED) is 0.678. The van der Waals surface area contributed by atoms with Crippen LogP contribution in [0.4, 0.5) is 5.69 Å². The Morgan fingerprint density at radius 3 is 3.06 bits per heavy atom. The van der Waals surface area contributed by atoms with Crippen LogP contribution in [0.5, 0.6) is 0 Å². The third kappa shape index (κ3) is 3.07. The second kappa shape index (κ2) is 4.69. The molecule has 0 saturated heterocycles. The first-order valence-electron chi connectivity index (χ1n) is 5.18. The standard InChI is InChI=1S/C10H14N6O/c1-7-12-2-8(15-7)3-13-9-4-14-16(5-9)6-10(11)17/h2,4-5,13H,3,6H2,1H3,(H2,11,17)(H,12,15). The Morgan fingerprint density at radius 1 is 1.59 bits per heavy atom. The van der Waals surface area contributed by atoms with Gasteiger partial charge in [-0.2, -0.15) is 5.10 Å². The van der Waals surface area contributed by atoms with E-state index in [4.69, 9.17) is 5.73 Å². The van der Waals surface area contributed by atoms with Crippen LogP contribution in [0.3, 0.4) is 0 Å². The maximum atomic E-state index is 10.7. The number of nitrogens with zero attached hydrogens (tertiary/aromatic N) is 3. The number of carbonyl (C=O) groups excluding carboxylic acids is 1. The lowest BCUT2D eigenvalue weighted by atomic mass is 10.4. The van der Waals surface area contributed by atoms with Gasteiger partial charge in [0, 0.05) is 6.20 Å². The van der Waals surface area contributed by atoms with Crippen molar-refractivity contribution in [2.75, 3.05) is 5.32 Å². The highest BCUT2D eigenvalue weighted by molar-refractivity contribution is 5.73. The summed E-state index contributed by atoms with van der Waals surface area (Å²) in [5.41, 5.74) is 6.89. The molecule has 0 bridgehead atoms. The van der Waals surface area contributed by atoms with Gasteiger partial charge >= 0.3 is 0 Å². The summed E-state index contributed by atoms with van der Waals surface area (Å²) < 4.78 is 1.49. The number of amides is 1. The normalized spacial score (nSPS) is 10.4. The largest absolute Gasteiger partial charge is 0.377 e. The number of aromatic nitrogens is 4. The molecule has 0 radical (unpaired) electrons. The topological polar surface area (TPSA) is 102 Å². The third-order valence-corrected chi connectivity index (χ3v) is 2.19. The van der Waals surface area contributed by atoms with Crippen LogP contribution in [0.1, 0.15) is 11.5 Å². The first-order chi connectivity index (χ1) is 8.13. The fraction of sp³-hybridized carbons (Fsp3) is 0.300. The first-order valence-corrected chi connectivity index (χ1v) is 5.18.